The smallest absolute Gasteiger partial charge is 0.276 e. The van der Waals surface area contributed by atoms with Gasteiger partial charge in [-0.2, -0.15) is 5.26 Å². The number of hydrogen-bond donors (Lipinski definition) is 2. The number of amides is 1. The first-order valence-corrected chi connectivity index (χ1v) is 7.48. The minimum Gasteiger partial charge on any atom is -0.333 e. The van der Waals surface area contributed by atoms with Crippen LogP contribution in [0.3, 0.4) is 0 Å². The first-order valence-electron chi connectivity index (χ1n) is 7.48. The number of carbonyl (C=O) groups excluding carboxylic acids is 1. The van der Waals surface area contributed by atoms with Crippen LogP contribution in [0.15, 0.2) is 0 Å². The van der Waals surface area contributed by atoms with E-state index in [4.69, 9.17) is 0 Å². The molecule has 1 saturated carbocycles. The van der Waals surface area contributed by atoms with Crippen molar-refractivity contribution in [3.8, 4) is 6.07 Å². The van der Waals surface area contributed by atoms with Gasteiger partial charge in [0.05, 0.1) is 19.2 Å². The predicted molar refractivity (Wildman–Crippen MR) is 73.4 cm³/mol. The van der Waals surface area contributed by atoms with E-state index in [-0.39, 0.29) is 5.91 Å². The number of nitrogens with zero attached hydrogens (tertiary/aromatic N) is 1. The number of nitrogens with one attached hydrogen (secondary N) is 2. The molecular formula is C15H26N3O+. The third-order valence-corrected chi connectivity index (χ3v) is 4.51. The zero-order valence-electron chi connectivity index (χ0n) is 12.3. The van der Waals surface area contributed by atoms with Gasteiger partial charge >= 0.3 is 0 Å². The van der Waals surface area contributed by atoms with Crippen LogP contribution in [0.1, 0.15) is 40.0 Å². The average Bonchev–Trinajstić information content (AvgIpc) is 3.10. The average molecular weight is 264 g/mol. The van der Waals surface area contributed by atoms with Crippen LogP contribution in [-0.4, -0.2) is 31.1 Å². The van der Waals surface area contributed by atoms with Gasteiger partial charge in [-0.3, -0.25) is 4.79 Å². The van der Waals surface area contributed by atoms with Gasteiger partial charge in [0.2, 0.25) is 0 Å². The van der Waals surface area contributed by atoms with Crippen LogP contribution in [0.5, 0.6) is 0 Å². The van der Waals surface area contributed by atoms with E-state index in [0.29, 0.717) is 24.3 Å². The molecule has 3 atom stereocenters. The minimum absolute atomic E-state index is 0.0345. The molecule has 0 aromatic rings. The van der Waals surface area contributed by atoms with Gasteiger partial charge < -0.3 is 10.2 Å². The molecule has 4 heteroatoms. The monoisotopic (exact) mass is 264 g/mol. The summed E-state index contributed by atoms with van der Waals surface area (Å²) in [5.74, 6) is 1.78. The van der Waals surface area contributed by atoms with E-state index >= 15 is 0 Å². The molecule has 2 fully saturated rings. The fourth-order valence-electron chi connectivity index (χ4n) is 3.51. The lowest BCUT2D eigenvalue weighted by molar-refractivity contribution is -0.904. The van der Waals surface area contributed by atoms with Crippen molar-refractivity contribution in [2.45, 2.75) is 45.6 Å². The molecule has 2 aliphatic rings. The van der Waals surface area contributed by atoms with Gasteiger partial charge in [-0.05, 0) is 32.1 Å². The quantitative estimate of drug-likeness (QED) is 0.770. The van der Waals surface area contributed by atoms with Crippen molar-refractivity contribution >= 4 is 5.91 Å². The minimum atomic E-state index is -0.649. The number of piperidine rings is 1. The SMILES string of the molecule is C[C@@H]1C[C@@H](C)C[NH+](CC(=O)N[C@@](C)(C#N)C2CC2)C1. The molecule has 0 radical (unpaired) electrons. The van der Waals surface area contributed by atoms with Crippen LogP contribution in [0.4, 0.5) is 0 Å². The van der Waals surface area contributed by atoms with Crippen LogP contribution in [0.2, 0.25) is 0 Å². The Morgan fingerprint density at radius 1 is 1.37 bits per heavy atom. The fourth-order valence-corrected chi connectivity index (χ4v) is 3.51. The van der Waals surface area contributed by atoms with Crippen LogP contribution in [0, 0.1) is 29.1 Å². The number of hydrogen-bond acceptors (Lipinski definition) is 2. The highest BCUT2D eigenvalue weighted by Crippen LogP contribution is 2.39. The summed E-state index contributed by atoms with van der Waals surface area (Å²) in [4.78, 5) is 13.5. The molecule has 19 heavy (non-hydrogen) atoms. The normalized spacial score (nSPS) is 34.1. The Balaban J connectivity index is 1.85. The maximum Gasteiger partial charge on any atom is 0.276 e. The highest BCUT2D eigenvalue weighted by atomic mass is 16.2. The van der Waals surface area contributed by atoms with E-state index in [1.165, 1.54) is 11.3 Å². The number of quaternary nitrogens is 1. The first-order chi connectivity index (χ1) is 8.93. The first kappa shape index (κ1) is 14.3. The molecule has 0 unspecified atom stereocenters. The molecule has 4 nitrogen and oxygen atoms in total. The van der Waals surface area contributed by atoms with Crippen molar-refractivity contribution < 1.29 is 9.69 Å². The van der Waals surface area contributed by atoms with E-state index < -0.39 is 5.54 Å². The maximum atomic E-state index is 12.1. The number of nitriles is 1. The highest BCUT2D eigenvalue weighted by Gasteiger charge is 2.43. The van der Waals surface area contributed by atoms with E-state index in [2.05, 4.69) is 25.2 Å². The molecule has 2 rings (SSSR count). The second kappa shape index (κ2) is 5.50. The lowest BCUT2D eigenvalue weighted by Crippen LogP contribution is -3.15. The Morgan fingerprint density at radius 3 is 2.42 bits per heavy atom. The third kappa shape index (κ3) is 3.70. The van der Waals surface area contributed by atoms with Crippen molar-refractivity contribution in [2.75, 3.05) is 19.6 Å². The van der Waals surface area contributed by atoms with Gasteiger partial charge in [0.25, 0.3) is 5.91 Å². The Kier molecular flexibility index (Phi) is 4.15. The van der Waals surface area contributed by atoms with Gasteiger partial charge in [-0.15, -0.1) is 0 Å². The molecule has 106 valence electrons. The molecule has 0 spiro atoms. The van der Waals surface area contributed by atoms with Crippen LogP contribution in [0.25, 0.3) is 0 Å². The molecule has 1 aliphatic carbocycles. The summed E-state index contributed by atoms with van der Waals surface area (Å²) in [6.07, 6.45) is 3.40. The summed E-state index contributed by atoms with van der Waals surface area (Å²) >= 11 is 0. The van der Waals surface area contributed by atoms with Crippen molar-refractivity contribution in [1.82, 2.24) is 5.32 Å². The van der Waals surface area contributed by atoms with Crippen LogP contribution in [-0.2, 0) is 4.79 Å². The Morgan fingerprint density at radius 2 is 1.95 bits per heavy atom. The molecule has 0 bridgehead atoms. The molecule has 1 amide bonds. The summed E-state index contributed by atoms with van der Waals surface area (Å²) < 4.78 is 0. The van der Waals surface area contributed by atoms with Crippen molar-refractivity contribution in [3.63, 3.8) is 0 Å². The van der Waals surface area contributed by atoms with E-state index in [1.807, 2.05) is 6.92 Å². The van der Waals surface area contributed by atoms with Crippen molar-refractivity contribution in [3.05, 3.63) is 0 Å². The number of carbonyl (C=O) groups is 1. The largest absolute Gasteiger partial charge is 0.333 e. The second-order valence-corrected chi connectivity index (χ2v) is 6.92. The molecule has 0 aromatic carbocycles. The third-order valence-electron chi connectivity index (χ3n) is 4.51. The van der Waals surface area contributed by atoms with Gasteiger partial charge in [0.1, 0.15) is 5.54 Å². The van der Waals surface area contributed by atoms with E-state index in [9.17, 15) is 10.1 Å². The molecular weight excluding hydrogens is 238 g/mol. The Hall–Kier alpha value is -1.08. The molecule has 2 N–H and O–H groups in total. The molecule has 1 aliphatic heterocycles. The zero-order valence-corrected chi connectivity index (χ0v) is 12.3. The fraction of sp³-hybridized carbons (Fsp3) is 0.867. The summed E-state index contributed by atoms with van der Waals surface area (Å²) in [5.41, 5.74) is -0.649. The topological polar surface area (TPSA) is 57.3 Å². The zero-order chi connectivity index (χ0) is 14.0. The van der Waals surface area contributed by atoms with Crippen molar-refractivity contribution in [2.24, 2.45) is 17.8 Å². The van der Waals surface area contributed by atoms with Gasteiger partial charge in [0, 0.05) is 11.8 Å². The maximum absolute atomic E-state index is 12.1. The Labute approximate surface area is 116 Å². The lowest BCUT2D eigenvalue weighted by Gasteiger charge is -2.32. The Bertz CT molecular complexity index is 375. The van der Waals surface area contributed by atoms with Crippen LogP contribution < -0.4 is 10.2 Å². The van der Waals surface area contributed by atoms with Crippen molar-refractivity contribution in [1.29, 1.82) is 5.26 Å². The summed E-state index contributed by atoms with van der Waals surface area (Å²) in [7, 11) is 0. The highest BCUT2D eigenvalue weighted by molar-refractivity contribution is 5.78. The van der Waals surface area contributed by atoms with E-state index in [1.54, 1.807) is 0 Å². The summed E-state index contributed by atoms with van der Waals surface area (Å²) in [5, 5.41) is 12.2. The van der Waals surface area contributed by atoms with Gasteiger partial charge in [0.15, 0.2) is 6.54 Å². The summed E-state index contributed by atoms with van der Waals surface area (Å²) in [6, 6.07) is 2.28. The van der Waals surface area contributed by atoms with E-state index in [0.717, 1.165) is 25.9 Å². The van der Waals surface area contributed by atoms with Crippen LogP contribution >= 0.6 is 0 Å². The molecule has 0 aromatic heterocycles. The van der Waals surface area contributed by atoms with Gasteiger partial charge in [-0.25, -0.2) is 0 Å². The van der Waals surface area contributed by atoms with Gasteiger partial charge in [-0.1, -0.05) is 13.8 Å². The predicted octanol–water partition coefficient (Wildman–Crippen LogP) is 0.356. The second-order valence-electron chi connectivity index (χ2n) is 6.92. The summed E-state index contributed by atoms with van der Waals surface area (Å²) in [6.45, 7) is 9.04. The number of likely N-dealkylation sites (tertiary alicyclic amines) is 1. The molecule has 1 saturated heterocycles. The lowest BCUT2D eigenvalue weighted by atomic mass is 9.92. The standard InChI is InChI=1S/C15H25N3O/c1-11-6-12(2)8-18(7-11)9-14(19)17-15(3,10-16)13-4-5-13/h11-13H,4-9H2,1-3H3,(H,17,19)/p+1/t11-,12-,15+/m1/s1. The number of rotatable bonds is 4. The molecule has 1 heterocycles.